The number of methoxy groups -OCH3 is 1. The fraction of sp³-hybridized carbons (Fsp3) is 0.818. The molecule has 2 atom stereocenters. The van der Waals surface area contributed by atoms with Crippen LogP contribution in [0.4, 0.5) is 0 Å². The minimum absolute atomic E-state index is 0.407. The molecule has 0 radical (unpaired) electrons. The number of likely N-dealkylation sites (N-methyl/N-ethyl adjacent to an activating group) is 1. The van der Waals surface area contributed by atoms with Crippen LogP contribution in [-0.4, -0.2) is 26.3 Å². The fourth-order valence-corrected chi connectivity index (χ4v) is 1.88. The topological polar surface area (TPSA) is 21.3 Å². The van der Waals surface area contributed by atoms with Crippen molar-refractivity contribution in [3.05, 3.63) is 12.7 Å². The van der Waals surface area contributed by atoms with Gasteiger partial charge < -0.3 is 10.1 Å². The predicted molar refractivity (Wildman–Crippen MR) is 55.8 cm³/mol. The SMILES string of the molecule is C=CCCC(NC)C(OC)C1CC1. The van der Waals surface area contributed by atoms with E-state index in [1.54, 1.807) is 0 Å². The highest BCUT2D eigenvalue weighted by molar-refractivity contribution is 4.90. The highest BCUT2D eigenvalue weighted by Crippen LogP contribution is 2.36. The van der Waals surface area contributed by atoms with Crippen molar-refractivity contribution in [2.24, 2.45) is 5.92 Å². The van der Waals surface area contributed by atoms with Crippen molar-refractivity contribution in [2.45, 2.75) is 37.8 Å². The zero-order valence-corrected chi connectivity index (χ0v) is 8.75. The molecule has 2 heteroatoms. The Morgan fingerprint density at radius 2 is 2.31 bits per heavy atom. The molecule has 2 unspecified atom stereocenters. The van der Waals surface area contributed by atoms with Gasteiger partial charge in [0.15, 0.2) is 0 Å². The van der Waals surface area contributed by atoms with Crippen LogP contribution in [-0.2, 0) is 4.74 Å². The second-order valence-electron chi connectivity index (χ2n) is 3.80. The van der Waals surface area contributed by atoms with E-state index in [4.69, 9.17) is 4.74 Å². The van der Waals surface area contributed by atoms with Gasteiger partial charge in [0, 0.05) is 13.2 Å². The Bertz CT molecular complexity index is 154. The van der Waals surface area contributed by atoms with Crippen LogP contribution in [0.3, 0.4) is 0 Å². The Labute approximate surface area is 81.4 Å². The Hall–Kier alpha value is -0.340. The zero-order chi connectivity index (χ0) is 9.68. The normalized spacial score (nSPS) is 21.1. The monoisotopic (exact) mass is 183 g/mol. The van der Waals surface area contributed by atoms with E-state index in [0.717, 1.165) is 18.8 Å². The Morgan fingerprint density at radius 1 is 1.62 bits per heavy atom. The highest BCUT2D eigenvalue weighted by Gasteiger charge is 2.35. The number of allylic oxidation sites excluding steroid dienone is 1. The van der Waals surface area contributed by atoms with E-state index in [9.17, 15) is 0 Å². The van der Waals surface area contributed by atoms with E-state index in [-0.39, 0.29) is 0 Å². The molecule has 1 saturated carbocycles. The first-order chi connectivity index (χ1) is 6.33. The standard InChI is InChI=1S/C11H21NO/c1-4-5-6-10(12-2)11(13-3)9-7-8-9/h4,9-12H,1,5-8H2,2-3H3. The number of hydrogen-bond acceptors (Lipinski definition) is 2. The third kappa shape index (κ3) is 3.12. The molecule has 0 aromatic rings. The van der Waals surface area contributed by atoms with E-state index in [1.165, 1.54) is 12.8 Å². The summed E-state index contributed by atoms with van der Waals surface area (Å²) in [6.07, 6.45) is 7.26. The molecule has 0 heterocycles. The minimum Gasteiger partial charge on any atom is -0.380 e. The minimum atomic E-state index is 0.407. The van der Waals surface area contributed by atoms with Gasteiger partial charge in [-0.05, 0) is 38.6 Å². The van der Waals surface area contributed by atoms with Crippen molar-refractivity contribution >= 4 is 0 Å². The van der Waals surface area contributed by atoms with E-state index >= 15 is 0 Å². The van der Waals surface area contributed by atoms with Crippen LogP contribution >= 0.6 is 0 Å². The van der Waals surface area contributed by atoms with Gasteiger partial charge >= 0.3 is 0 Å². The average molecular weight is 183 g/mol. The first kappa shape index (κ1) is 10.7. The van der Waals surface area contributed by atoms with Gasteiger partial charge in [0.2, 0.25) is 0 Å². The zero-order valence-electron chi connectivity index (χ0n) is 8.75. The number of rotatable bonds is 7. The summed E-state index contributed by atoms with van der Waals surface area (Å²) in [5.74, 6) is 0.798. The second-order valence-corrected chi connectivity index (χ2v) is 3.80. The lowest BCUT2D eigenvalue weighted by molar-refractivity contribution is 0.0511. The summed E-state index contributed by atoms with van der Waals surface area (Å²) in [5, 5.41) is 3.34. The van der Waals surface area contributed by atoms with Crippen molar-refractivity contribution in [1.82, 2.24) is 5.32 Å². The summed E-state index contributed by atoms with van der Waals surface area (Å²) in [6.45, 7) is 3.74. The molecule has 1 N–H and O–H groups in total. The summed E-state index contributed by atoms with van der Waals surface area (Å²) < 4.78 is 5.53. The molecule has 1 aliphatic rings. The molecule has 0 aromatic heterocycles. The maximum absolute atomic E-state index is 5.53. The molecule has 76 valence electrons. The molecule has 0 bridgehead atoms. The molecule has 0 aliphatic heterocycles. The van der Waals surface area contributed by atoms with Crippen molar-refractivity contribution in [3.63, 3.8) is 0 Å². The highest BCUT2D eigenvalue weighted by atomic mass is 16.5. The molecule has 0 amide bonds. The van der Waals surface area contributed by atoms with Gasteiger partial charge in [-0.3, -0.25) is 0 Å². The first-order valence-electron chi connectivity index (χ1n) is 5.14. The molecule has 0 aromatic carbocycles. The number of hydrogen-bond donors (Lipinski definition) is 1. The quantitative estimate of drug-likeness (QED) is 0.609. The molecule has 1 rings (SSSR count). The Balaban J connectivity index is 2.36. The predicted octanol–water partition coefficient (Wildman–Crippen LogP) is 1.97. The van der Waals surface area contributed by atoms with Crippen molar-refractivity contribution in [2.75, 3.05) is 14.2 Å². The molecular formula is C11H21NO. The number of ether oxygens (including phenoxy) is 1. The maximum atomic E-state index is 5.53. The van der Waals surface area contributed by atoms with Gasteiger partial charge in [-0.25, -0.2) is 0 Å². The Kier molecular flexibility index (Phi) is 4.46. The van der Waals surface area contributed by atoms with Crippen LogP contribution in [0, 0.1) is 5.92 Å². The molecule has 0 saturated heterocycles. The lowest BCUT2D eigenvalue weighted by Crippen LogP contribution is -2.40. The molecule has 2 nitrogen and oxygen atoms in total. The summed E-state index contributed by atoms with van der Waals surface area (Å²) in [5.41, 5.74) is 0. The van der Waals surface area contributed by atoms with Gasteiger partial charge in [0.05, 0.1) is 6.10 Å². The Morgan fingerprint density at radius 3 is 2.69 bits per heavy atom. The third-order valence-corrected chi connectivity index (χ3v) is 2.81. The van der Waals surface area contributed by atoms with Crippen LogP contribution in [0.1, 0.15) is 25.7 Å². The lowest BCUT2D eigenvalue weighted by atomic mass is 10.0. The van der Waals surface area contributed by atoms with Crippen molar-refractivity contribution in [3.8, 4) is 0 Å². The van der Waals surface area contributed by atoms with Gasteiger partial charge in [-0.2, -0.15) is 0 Å². The smallest absolute Gasteiger partial charge is 0.0752 e. The molecule has 1 aliphatic carbocycles. The van der Waals surface area contributed by atoms with Crippen molar-refractivity contribution in [1.29, 1.82) is 0 Å². The van der Waals surface area contributed by atoms with E-state index in [2.05, 4.69) is 11.9 Å². The summed E-state index contributed by atoms with van der Waals surface area (Å²) in [4.78, 5) is 0. The van der Waals surface area contributed by atoms with Gasteiger partial charge in [-0.1, -0.05) is 6.08 Å². The van der Waals surface area contributed by atoms with Gasteiger partial charge in [0.25, 0.3) is 0 Å². The fourth-order valence-electron chi connectivity index (χ4n) is 1.88. The van der Waals surface area contributed by atoms with Crippen LogP contribution in [0.2, 0.25) is 0 Å². The van der Waals surface area contributed by atoms with Crippen molar-refractivity contribution < 1.29 is 4.74 Å². The second kappa shape index (κ2) is 5.40. The molecule has 13 heavy (non-hydrogen) atoms. The summed E-state index contributed by atoms with van der Waals surface area (Å²) >= 11 is 0. The largest absolute Gasteiger partial charge is 0.380 e. The van der Waals surface area contributed by atoms with E-state index < -0.39 is 0 Å². The molecule has 0 spiro atoms. The van der Waals surface area contributed by atoms with E-state index in [0.29, 0.717) is 12.1 Å². The maximum Gasteiger partial charge on any atom is 0.0752 e. The first-order valence-corrected chi connectivity index (χ1v) is 5.14. The average Bonchev–Trinajstić information content (AvgIpc) is 2.95. The molecular weight excluding hydrogens is 162 g/mol. The van der Waals surface area contributed by atoms with Crippen LogP contribution in [0.15, 0.2) is 12.7 Å². The lowest BCUT2D eigenvalue weighted by Gasteiger charge is -2.25. The van der Waals surface area contributed by atoms with Gasteiger partial charge in [-0.15, -0.1) is 6.58 Å². The summed E-state index contributed by atoms with van der Waals surface area (Å²) in [7, 11) is 3.84. The third-order valence-electron chi connectivity index (χ3n) is 2.81. The van der Waals surface area contributed by atoms with Gasteiger partial charge in [0.1, 0.15) is 0 Å². The van der Waals surface area contributed by atoms with Crippen LogP contribution in [0.25, 0.3) is 0 Å². The molecule has 1 fully saturated rings. The number of nitrogens with one attached hydrogen (secondary N) is 1. The van der Waals surface area contributed by atoms with E-state index in [1.807, 2.05) is 20.2 Å². The summed E-state index contributed by atoms with van der Waals surface area (Å²) in [6, 6.07) is 0.496. The van der Waals surface area contributed by atoms with Crippen LogP contribution in [0.5, 0.6) is 0 Å². The van der Waals surface area contributed by atoms with Crippen LogP contribution < -0.4 is 5.32 Å².